The second-order valence-corrected chi connectivity index (χ2v) is 7.80. The minimum absolute atomic E-state index is 0.0873. The average Bonchev–Trinajstić information content (AvgIpc) is 3.37. The van der Waals surface area contributed by atoms with E-state index in [9.17, 15) is 18.0 Å². The van der Waals surface area contributed by atoms with E-state index in [1.165, 1.54) is 30.7 Å². The second-order valence-electron chi connectivity index (χ2n) is 7.80. The Labute approximate surface area is 203 Å². The van der Waals surface area contributed by atoms with Crippen molar-refractivity contribution in [2.24, 2.45) is 5.10 Å². The Kier molecular flexibility index (Phi) is 6.03. The zero-order valence-electron chi connectivity index (χ0n) is 18.5. The van der Waals surface area contributed by atoms with Crippen molar-refractivity contribution in [3.63, 3.8) is 0 Å². The lowest BCUT2D eigenvalue weighted by atomic mass is 10.1. The quantitative estimate of drug-likeness (QED) is 0.450. The molecule has 4 heterocycles. The van der Waals surface area contributed by atoms with Crippen molar-refractivity contribution in [1.82, 2.24) is 30.5 Å². The van der Waals surface area contributed by atoms with Crippen LogP contribution in [-0.2, 0) is 6.18 Å². The van der Waals surface area contributed by atoms with Crippen LogP contribution in [0.1, 0.15) is 16.1 Å². The Morgan fingerprint density at radius 2 is 1.72 bits per heavy atom. The lowest BCUT2D eigenvalue weighted by Gasteiger charge is -2.20. The Bertz CT molecular complexity index is 1450. The third kappa shape index (κ3) is 4.85. The van der Waals surface area contributed by atoms with Crippen LogP contribution in [0.15, 0.2) is 96.6 Å². The molecule has 0 saturated carbocycles. The first-order valence-electron chi connectivity index (χ1n) is 10.8. The molecule has 0 radical (unpaired) electrons. The molecule has 0 aliphatic carbocycles. The number of amides is 1. The van der Waals surface area contributed by atoms with Gasteiger partial charge in [-0.05, 0) is 42.0 Å². The molecular weight excluding hydrogens is 471 g/mol. The van der Waals surface area contributed by atoms with Gasteiger partial charge in [0, 0.05) is 35.9 Å². The first kappa shape index (κ1) is 23.0. The third-order valence-corrected chi connectivity index (χ3v) is 5.32. The number of alkyl halides is 3. The zero-order chi connectivity index (χ0) is 25.1. The highest BCUT2D eigenvalue weighted by atomic mass is 19.4. The topological polar surface area (TPSA) is 97.1 Å². The predicted molar refractivity (Wildman–Crippen MR) is 126 cm³/mol. The molecule has 1 unspecified atom stereocenters. The number of carbonyl (C=O) groups is 1. The van der Waals surface area contributed by atoms with Gasteiger partial charge >= 0.3 is 6.18 Å². The molecule has 0 fully saturated rings. The van der Waals surface area contributed by atoms with Gasteiger partial charge in [-0.1, -0.05) is 30.3 Å². The first-order valence-corrected chi connectivity index (χ1v) is 10.8. The number of allylic oxidation sites excluding steroid dienone is 1. The van der Waals surface area contributed by atoms with Gasteiger partial charge in [-0.2, -0.15) is 23.4 Å². The maximum absolute atomic E-state index is 13.7. The maximum atomic E-state index is 13.7. The molecule has 180 valence electrons. The number of aromatic nitrogens is 4. The molecule has 1 aromatic carbocycles. The number of benzene rings is 1. The fourth-order valence-electron chi connectivity index (χ4n) is 3.59. The standard InChI is InChI=1S/C25H18F3N7O/c26-25(27,28)21-12-20(17-7-4-10-29-13-17)34-35(21)23-9-8-22(32-33-23)31-24(36)19-11-18(14-30-15-19)16-5-2-1-3-6-16/h1-15,22,32H,(H,31,36). The van der Waals surface area contributed by atoms with Crippen LogP contribution < -0.4 is 10.7 Å². The van der Waals surface area contributed by atoms with Crippen molar-refractivity contribution in [3.05, 3.63) is 103 Å². The van der Waals surface area contributed by atoms with E-state index in [-0.39, 0.29) is 11.5 Å². The van der Waals surface area contributed by atoms with Crippen molar-refractivity contribution < 1.29 is 18.0 Å². The van der Waals surface area contributed by atoms with E-state index in [4.69, 9.17) is 0 Å². The summed E-state index contributed by atoms with van der Waals surface area (Å²) in [5.74, 6) is -0.509. The summed E-state index contributed by atoms with van der Waals surface area (Å²) in [7, 11) is 0. The average molecular weight is 489 g/mol. The summed E-state index contributed by atoms with van der Waals surface area (Å²) in [6, 6.07) is 15.4. The molecule has 0 spiro atoms. The lowest BCUT2D eigenvalue weighted by molar-refractivity contribution is -0.142. The van der Waals surface area contributed by atoms with Gasteiger partial charge in [0.15, 0.2) is 11.5 Å². The third-order valence-electron chi connectivity index (χ3n) is 5.32. The van der Waals surface area contributed by atoms with Crippen LogP contribution in [0, 0.1) is 0 Å². The first-order chi connectivity index (χ1) is 17.4. The predicted octanol–water partition coefficient (Wildman–Crippen LogP) is 4.10. The molecule has 11 heteroatoms. The smallest absolute Gasteiger partial charge is 0.327 e. The fraction of sp³-hybridized carbons (Fsp3) is 0.0800. The Balaban J connectivity index is 1.32. The van der Waals surface area contributed by atoms with E-state index in [0.29, 0.717) is 15.8 Å². The number of rotatable bonds is 4. The Morgan fingerprint density at radius 1 is 0.944 bits per heavy atom. The summed E-state index contributed by atoms with van der Waals surface area (Å²) in [6.07, 6.45) is 3.47. The van der Waals surface area contributed by atoms with E-state index in [2.05, 4.69) is 30.9 Å². The number of nitrogens with one attached hydrogen (secondary N) is 2. The summed E-state index contributed by atoms with van der Waals surface area (Å²) in [5, 5.41) is 10.8. The fourth-order valence-corrected chi connectivity index (χ4v) is 3.59. The van der Waals surface area contributed by atoms with Gasteiger partial charge < -0.3 is 5.32 Å². The molecule has 2 N–H and O–H groups in total. The van der Waals surface area contributed by atoms with Crippen molar-refractivity contribution in [3.8, 4) is 22.4 Å². The molecule has 4 aromatic rings. The molecule has 0 bridgehead atoms. The van der Waals surface area contributed by atoms with Gasteiger partial charge in [0.25, 0.3) is 5.91 Å². The van der Waals surface area contributed by atoms with E-state index in [0.717, 1.165) is 17.2 Å². The number of halogens is 3. The number of hydrogen-bond donors (Lipinski definition) is 2. The maximum Gasteiger partial charge on any atom is 0.433 e. The van der Waals surface area contributed by atoms with Crippen LogP contribution in [0.5, 0.6) is 0 Å². The minimum atomic E-state index is -4.66. The molecular formula is C25H18F3N7O. The van der Waals surface area contributed by atoms with Gasteiger partial charge in [0.1, 0.15) is 6.17 Å². The van der Waals surface area contributed by atoms with Crippen LogP contribution in [0.25, 0.3) is 22.4 Å². The number of carbonyl (C=O) groups excluding carboxylic acids is 1. The minimum Gasteiger partial charge on any atom is -0.327 e. The van der Waals surface area contributed by atoms with E-state index < -0.39 is 23.9 Å². The van der Waals surface area contributed by atoms with Crippen LogP contribution in [0.2, 0.25) is 0 Å². The molecule has 1 aliphatic heterocycles. The van der Waals surface area contributed by atoms with Crippen LogP contribution >= 0.6 is 0 Å². The molecule has 8 nitrogen and oxygen atoms in total. The van der Waals surface area contributed by atoms with E-state index >= 15 is 0 Å². The summed E-state index contributed by atoms with van der Waals surface area (Å²) >= 11 is 0. The molecule has 1 atom stereocenters. The van der Waals surface area contributed by atoms with Gasteiger partial charge in [-0.3, -0.25) is 20.2 Å². The van der Waals surface area contributed by atoms with Crippen LogP contribution in [0.4, 0.5) is 13.2 Å². The van der Waals surface area contributed by atoms with Crippen molar-refractivity contribution in [2.45, 2.75) is 12.3 Å². The second kappa shape index (κ2) is 9.45. The number of pyridine rings is 2. The molecule has 1 aliphatic rings. The number of hydrazone groups is 1. The van der Waals surface area contributed by atoms with Gasteiger partial charge in [-0.25, -0.2) is 4.68 Å². The van der Waals surface area contributed by atoms with Gasteiger partial charge in [0.2, 0.25) is 0 Å². The van der Waals surface area contributed by atoms with Crippen molar-refractivity contribution in [1.29, 1.82) is 0 Å². The summed E-state index contributed by atoms with van der Waals surface area (Å²) in [5.41, 5.74) is 4.22. The molecule has 36 heavy (non-hydrogen) atoms. The normalized spacial score (nSPS) is 15.2. The highest BCUT2D eigenvalue weighted by molar-refractivity contribution is 5.97. The molecule has 1 amide bonds. The lowest BCUT2D eigenvalue weighted by Crippen LogP contribution is -2.44. The van der Waals surface area contributed by atoms with Crippen molar-refractivity contribution in [2.75, 3.05) is 0 Å². The van der Waals surface area contributed by atoms with Gasteiger partial charge in [0.05, 0.1) is 11.3 Å². The summed E-state index contributed by atoms with van der Waals surface area (Å²) < 4.78 is 41.8. The number of hydrogen-bond acceptors (Lipinski definition) is 6. The largest absolute Gasteiger partial charge is 0.433 e. The SMILES string of the molecule is O=C(NC1C=CC(n2nc(-c3cccnc3)cc2C(F)(F)F)=NN1)c1cncc(-c2ccccc2)c1. The van der Waals surface area contributed by atoms with E-state index in [1.807, 2.05) is 30.3 Å². The summed E-state index contributed by atoms with van der Waals surface area (Å²) in [6.45, 7) is 0. The Morgan fingerprint density at radius 3 is 2.42 bits per heavy atom. The molecule has 5 rings (SSSR count). The zero-order valence-corrected chi connectivity index (χ0v) is 18.5. The monoisotopic (exact) mass is 489 g/mol. The molecule has 3 aromatic heterocycles. The van der Waals surface area contributed by atoms with Crippen molar-refractivity contribution >= 4 is 11.7 Å². The van der Waals surface area contributed by atoms with Crippen LogP contribution in [-0.4, -0.2) is 37.7 Å². The van der Waals surface area contributed by atoms with Crippen LogP contribution in [0.3, 0.4) is 0 Å². The van der Waals surface area contributed by atoms with Gasteiger partial charge in [-0.15, -0.1) is 0 Å². The highest BCUT2D eigenvalue weighted by Gasteiger charge is 2.37. The number of nitrogens with zero attached hydrogens (tertiary/aromatic N) is 5. The molecule has 0 saturated heterocycles. The van der Waals surface area contributed by atoms with E-state index in [1.54, 1.807) is 24.4 Å². The Hall–Kier alpha value is -4.80. The summed E-state index contributed by atoms with van der Waals surface area (Å²) in [4.78, 5) is 20.8. The highest BCUT2D eigenvalue weighted by Crippen LogP contribution is 2.32.